The Morgan fingerprint density at radius 3 is 3.36 bits per heavy atom. The zero-order chi connectivity index (χ0) is 7.68. The summed E-state index contributed by atoms with van der Waals surface area (Å²) in [6.07, 6.45) is 0.620. The van der Waals surface area contributed by atoms with Crippen molar-refractivity contribution in [3.05, 3.63) is 0 Å². The van der Waals surface area contributed by atoms with Crippen molar-refractivity contribution in [1.29, 1.82) is 0 Å². The fraction of sp³-hybridized carbons (Fsp3) is 0.857. The molecule has 62 valence electrons. The summed E-state index contributed by atoms with van der Waals surface area (Å²) < 4.78 is 5.43. The van der Waals surface area contributed by atoms with Crippen LogP contribution in [0.4, 0.5) is 0 Å². The minimum atomic E-state index is 0.106. The first-order valence-corrected chi connectivity index (χ1v) is 3.98. The van der Waals surface area contributed by atoms with Crippen LogP contribution in [0, 0.1) is 0 Å². The number of carbonyl (C=O) groups is 1. The first-order chi connectivity index (χ1) is 5.36. The first kappa shape index (κ1) is 7.06. The highest BCUT2D eigenvalue weighted by Gasteiger charge is 2.31. The molecule has 0 aromatic rings. The van der Waals surface area contributed by atoms with Crippen LogP contribution in [-0.2, 0) is 9.53 Å². The molecule has 0 aromatic carbocycles. The molecule has 2 aliphatic rings. The van der Waals surface area contributed by atoms with Crippen LogP contribution in [-0.4, -0.2) is 37.7 Å². The van der Waals surface area contributed by atoms with Crippen molar-refractivity contribution in [3.8, 4) is 0 Å². The van der Waals surface area contributed by atoms with Crippen molar-refractivity contribution in [3.63, 3.8) is 0 Å². The molecule has 2 unspecified atom stereocenters. The van der Waals surface area contributed by atoms with Crippen LogP contribution in [0.3, 0.4) is 0 Å². The van der Waals surface area contributed by atoms with Gasteiger partial charge in [-0.25, -0.2) is 0 Å². The summed E-state index contributed by atoms with van der Waals surface area (Å²) in [6, 6.07) is 0.335. The third-order valence-corrected chi connectivity index (χ3v) is 2.20. The van der Waals surface area contributed by atoms with E-state index in [4.69, 9.17) is 4.74 Å². The molecular formula is C7H12N2O2. The van der Waals surface area contributed by atoms with Gasteiger partial charge in [-0.3, -0.25) is 4.79 Å². The van der Waals surface area contributed by atoms with Gasteiger partial charge in [-0.05, 0) is 0 Å². The smallest absolute Gasteiger partial charge is 0.222 e. The van der Waals surface area contributed by atoms with Gasteiger partial charge in [0.1, 0.15) is 0 Å². The van der Waals surface area contributed by atoms with Gasteiger partial charge in [-0.1, -0.05) is 0 Å². The van der Waals surface area contributed by atoms with Gasteiger partial charge in [-0.15, -0.1) is 0 Å². The first-order valence-electron chi connectivity index (χ1n) is 3.98. The zero-order valence-corrected chi connectivity index (χ0v) is 6.30. The molecule has 2 atom stereocenters. The SMILES string of the molecule is O=C1CC2OCCNC2CN1. The number of morpholine rings is 1. The van der Waals surface area contributed by atoms with Gasteiger partial charge in [0.05, 0.1) is 25.2 Å². The summed E-state index contributed by atoms with van der Waals surface area (Å²) in [4.78, 5) is 10.9. The standard InChI is InChI=1S/C7H12N2O2/c10-7-3-6-5(4-9-7)8-1-2-11-6/h5-6,8H,1-4H2,(H,9,10). The average Bonchev–Trinajstić information content (AvgIpc) is 2.04. The van der Waals surface area contributed by atoms with Crippen LogP contribution in [0.2, 0.25) is 0 Å². The van der Waals surface area contributed by atoms with Crippen LogP contribution in [0.1, 0.15) is 6.42 Å². The van der Waals surface area contributed by atoms with E-state index in [1.165, 1.54) is 0 Å². The Morgan fingerprint density at radius 1 is 1.55 bits per heavy atom. The lowest BCUT2D eigenvalue weighted by molar-refractivity contribution is -0.129. The van der Waals surface area contributed by atoms with Gasteiger partial charge in [0.15, 0.2) is 0 Å². The Kier molecular flexibility index (Phi) is 1.79. The molecule has 0 aromatic heterocycles. The third-order valence-electron chi connectivity index (χ3n) is 2.20. The number of piperidine rings is 1. The largest absolute Gasteiger partial charge is 0.375 e. The minimum Gasteiger partial charge on any atom is -0.375 e. The Morgan fingerprint density at radius 2 is 2.45 bits per heavy atom. The second kappa shape index (κ2) is 2.79. The summed E-state index contributed by atoms with van der Waals surface area (Å²) in [5.74, 6) is 0.106. The van der Waals surface area contributed by atoms with Gasteiger partial charge in [0.25, 0.3) is 0 Å². The van der Waals surface area contributed by atoms with Crippen molar-refractivity contribution in [2.45, 2.75) is 18.6 Å². The number of amides is 1. The van der Waals surface area contributed by atoms with Crippen LogP contribution < -0.4 is 10.6 Å². The van der Waals surface area contributed by atoms with E-state index in [1.54, 1.807) is 0 Å². The molecule has 4 heteroatoms. The van der Waals surface area contributed by atoms with E-state index in [1.807, 2.05) is 0 Å². The molecule has 0 aliphatic carbocycles. The summed E-state index contributed by atoms with van der Waals surface area (Å²) in [7, 11) is 0. The third kappa shape index (κ3) is 1.36. The monoisotopic (exact) mass is 156 g/mol. The molecule has 2 fully saturated rings. The summed E-state index contributed by atoms with van der Waals surface area (Å²) in [5, 5.41) is 6.10. The van der Waals surface area contributed by atoms with E-state index in [2.05, 4.69) is 10.6 Å². The van der Waals surface area contributed by atoms with Gasteiger partial charge in [-0.2, -0.15) is 0 Å². The molecule has 2 aliphatic heterocycles. The number of ether oxygens (including phenoxy) is 1. The molecule has 4 nitrogen and oxygen atoms in total. The minimum absolute atomic E-state index is 0.106. The fourth-order valence-electron chi connectivity index (χ4n) is 1.59. The average molecular weight is 156 g/mol. The highest BCUT2D eigenvalue weighted by Crippen LogP contribution is 2.11. The topological polar surface area (TPSA) is 50.4 Å². The number of fused-ring (bicyclic) bond motifs is 1. The molecule has 11 heavy (non-hydrogen) atoms. The molecule has 2 rings (SSSR count). The van der Waals surface area contributed by atoms with Crippen LogP contribution in [0.25, 0.3) is 0 Å². The molecule has 2 saturated heterocycles. The van der Waals surface area contributed by atoms with E-state index >= 15 is 0 Å². The van der Waals surface area contributed by atoms with E-state index in [-0.39, 0.29) is 12.0 Å². The number of rotatable bonds is 0. The van der Waals surface area contributed by atoms with Gasteiger partial charge in [0.2, 0.25) is 5.91 Å². The lowest BCUT2D eigenvalue weighted by Gasteiger charge is -2.35. The van der Waals surface area contributed by atoms with E-state index in [0.717, 1.165) is 13.2 Å². The van der Waals surface area contributed by atoms with Crippen molar-refractivity contribution in [1.82, 2.24) is 10.6 Å². The molecular weight excluding hydrogens is 144 g/mol. The lowest BCUT2D eigenvalue weighted by atomic mass is 10.0. The summed E-state index contributed by atoms with van der Waals surface area (Å²) in [5.41, 5.74) is 0. The van der Waals surface area contributed by atoms with Gasteiger partial charge in [0, 0.05) is 13.1 Å². The van der Waals surface area contributed by atoms with E-state index in [0.29, 0.717) is 19.0 Å². The molecule has 0 radical (unpaired) electrons. The Bertz CT molecular complexity index is 172. The highest BCUT2D eigenvalue weighted by atomic mass is 16.5. The van der Waals surface area contributed by atoms with Crippen molar-refractivity contribution in [2.24, 2.45) is 0 Å². The molecule has 2 N–H and O–H groups in total. The molecule has 0 bridgehead atoms. The van der Waals surface area contributed by atoms with Gasteiger partial charge >= 0.3 is 0 Å². The second-order valence-electron chi connectivity index (χ2n) is 2.98. The molecule has 0 spiro atoms. The second-order valence-corrected chi connectivity index (χ2v) is 2.98. The normalized spacial score (nSPS) is 37.6. The predicted octanol–water partition coefficient (Wildman–Crippen LogP) is -1.14. The van der Waals surface area contributed by atoms with E-state index < -0.39 is 0 Å². The molecule has 0 saturated carbocycles. The maximum Gasteiger partial charge on any atom is 0.222 e. The van der Waals surface area contributed by atoms with Crippen molar-refractivity contribution < 1.29 is 9.53 Å². The number of nitrogens with one attached hydrogen (secondary N) is 2. The molecule has 1 amide bonds. The maximum atomic E-state index is 10.9. The fourth-order valence-corrected chi connectivity index (χ4v) is 1.59. The Balaban J connectivity index is 1.98. The van der Waals surface area contributed by atoms with Crippen molar-refractivity contribution >= 4 is 5.91 Å². The van der Waals surface area contributed by atoms with E-state index in [9.17, 15) is 4.79 Å². The number of hydrogen-bond donors (Lipinski definition) is 2. The summed E-state index contributed by atoms with van der Waals surface area (Å²) >= 11 is 0. The number of hydrogen-bond acceptors (Lipinski definition) is 3. The quantitative estimate of drug-likeness (QED) is 0.466. The summed E-state index contributed by atoms with van der Waals surface area (Å²) in [6.45, 7) is 2.34. The maximum absolute atomic E-state index is 10.9. The Hall–Kier alpha value is -0.610. The Labute approximate surface area is 65.3 Å². The highest BCUT2D eigenvalue weighted by molar-refractivity contribution is 5.77. The number of carbonyl (C=O) groups excluding carboxylic acids is 1. The van der Waals surface area contributed by atoms with Crippen LogP contribution in [0.5, 0.6) is 0 Å². The molecule has 2 heterocycles. The lowest BCUT2D eigenvalue weighted by Crippen LogP contribution is -2.58. The predicted molar refractivity (Wildman–Crippen MR) is 39.2 cm³/mol. The van der Waals surface area contributed by atoms with Crippen LogP contribution in [0.15, 0.2) is 0 Å². The zero-order valence-electron chi connectivity index (χ0n) is 6.30. The van der Waals surface area contributed by atoms with Crippen molar-refractivity contribution in [2.75, 3.05) is 19.7 Å². The van der Waals surface area contributed by atoms with Gasteiger partial charge < -0.3 is 15.4 Å². The van der Waals surface area contributed by atoms with Crippen LogP contribution >= 0.6 is 0 Å².